The molecular formula is C24H24N6. The fourth-order valence-electron chi connectivity index (χ4n) is 4.13. The summed E-state index contributed by atoms with van der Waals surface area (Å²) in [5, 5.41) is 25.7. The van der Waals surface area contributed by atoms with Crippen molar-refractivity contribution in [2.75, 3.05) is 23.0 Å². The molecule has 0 amide bonds. The van der Waals surface area contributed by atoms with E-state index in [0.717, 1.165) is 24.3 Å². The van der Waals surface area contributed by atoms with Gasteiger partial charge in [-0.05, 0) is 61.2 Å². The third-order valence-electron chi connectivity index (χ3n) is 5.67. The van der Waals surface area contributed by atoms with E-state index in [9.17, 15) is 10.5 Å². The molecule has 2 aliphatic rings. The van der Waals surface area contributed by atoms with Gasteiger partial charge in [0.25, 0.3) is 0 Å². The maximum atomic E-state index is 9.82. The van der Waals surface area contributed by atoms with Gasteiger partial charge in [0.05, 0.1) is 23.0 Å². The van der Waals surface area contributed by atoms with Crippen LogP contribution in [0.4, 0.5) is 11.4 Å². The lowest BCUT2D eigenvalue weighted by atomic mass is 9.95. The van der Waals surface area contributed by atoms with Crippen molar-refractivity contribution in [2.45, 2.75) is 25.9 Å². The number of hydrazone groups is 1. The first-order valence-corrected chi connectivity index (χ1v) is 10.2. The van der Waals surface area contributed by atoms with Crippen molar-refractivity contribution in [1.29, 1.82) is 10.5 Å². The van der Waals surface area contributed by atoms with E-state index < -0.39 is 12.1 Å². The number of para-hydroxylation sites is 1. The van der Waals surface area contributed by atoms with E-state index in [4.69, 9.17) is 5.73 Å². The number of nitriles is 2. The zero-order chi connectivity index (χ0) is 21.1. The van der Waals surface area contributed by atoms with Crippen LogP contribution in [0.15, 0.2) is 59.2 Å². The second kappa shape index (κ2) is 8.41. The molecule has 2 heterocycles. The van der Waals surface area contributed by atoms with Gasteiger partial charge >= 0.3 is 0 Å². The number of allylic oxidation sites excluding steroid dienone is 1. The average Bonchev–Trinajstić information content (AvgIpc) is 3.41. The molecule has 0 aliphatic carbocycles. The lowest BCUT2D eigenvalue weighted by Crippen LogP contribution is -2.40. The highest BCUT2D eigenvalue weighted by Gasteiger charge is 2.37. The summed E-state index contributed by atoms with van der Waals surface area (Å²) in [6.45, 7) is 4.27. The highest BCUT2D eigenvalue weighted by atomic mass is 15.5. The predicted octanol–water partition coefficient (Wildman–Crippen LogP) is 3.80. The van der Waals surface area contributed by atoms with E-state index in [1.807, 2.05) is 36.4 Å². The van der Waals surface area contributed by atoms with Crippen LogP contribution in [0.3, 0.4) is 0 Å². The van der Waals surface area contributed by atoms with Gasteiger partial charge in [0, 0.05) is 18.8 Å². The molecule has 2 atom stereocenters. The molecule has 1 fully saturated rings. The van der Waals surface area contributed by atoms with E-state index >= 15 is 0 Å². The standard InChI is InChI=1S/C24H24N6/c1-17-13-18(9-10-22(17)29-11-5-6-12-29)14-19(15-25)23-21(16-26)24(27)30(28-23)20-7-3-2-4-8-20/h2-4,7-10,13-14,21,24H,5-6,11-12,27H2,1H3/b19-14+/t21-,24+/m1/s1. The molecule has 0 radical (unpaired) electrons. The van der Waals surface area contributed by atoms with Crippen LogP contribution < -0.4 is 15.6 Å². The maximum Gasteiger partial charge on any atom is 0.127 e. The number of aryl methyl sites for hydroxylation is 1. The van der Waals surface area contributed by atoms with Crippen molar-refractivity contribution < 1.29 is 0 Å². The summed E-state index contributed by atoms with van der Waals surface area (Å²) in [6.07, 6.45) is 3.62. The Morgan fingerprint density at radius 1 is 1.13 bits per heavy atom. The molecule has 1 saturated heterocycles. The minimum Gasteiger partial charge on any atom is -0.371 e. The third kappa shape index (κ3) is 3.66. The van der Waals surface area contributed by atoms with Crippen molar-refractivity contribution in [2.24, 2.45) is 16.8 Å². The molecule has 0 spiro atoms. The lowest BCUT2D eigenvalue weighted by molar-refractivity contribution is 0.624. The van der Waals surface area contributed by atoms with E-state index in [0.29, 0.717) is 11.3 Å². The van der Waals surface area contributed by atoms with Gasteiger partial charge in [0.2, 0.25) is 0 Å². The Hall–Kier alpha value is -3.61. The van der Waals surface area contributed by atoms with E-state index in [2.05, 4.69) is 41.2 Å². The Bertz CT molecular complexity index is 1070. The van der Waals surface area contributed by atoms with Crippen molar-refractivity contribution in [3.8, 4) is 12.1 Å². The fourth-order valence-corrected chi connectivity index (χ4v) is 4.13. The Balaban J connectivity index is 1.67. The van der Waals surface area contributed by atoms with Gasteiger partial charge in [-0.1, -0.05) is 24.3 Å². The molecule has 30 heavy (non-hydrogen) atoms. The summed E-state index contributed by atoms with van der Waals surface area (Å²) in [7, 11) is 0. The molecule has 0 unspecified atom stereocenters. The first-order valence-electron chi connectivity index (χ1n) is 10.2. The van der Waals surface area contributed by atoms with Gasteiger partial charge in [0.1, 0.15) is 18.2 Å². The smallest absolute Gasteiger partial charge is 0.127 e. The van der Waals surface area contributed by atoms with Crippen molar-refractivity contribution in [3.63, 3.8) is 0 Å². The Kier molecular flexibility index (Phi) is 5.52. The van der Waals surface area contributed by atoms with Crippen LogP contribution >= 0.6 is 0 Å². The van der Waals surface area contributed by atoms with Gasteiger partial charge in [-0.15, -0.1) is 0 Å². The quantitative estimate of drug-likeness (QED) is 0.794. The number of anilines is 2. The number of nitrogens with zero attached hydrogens (tertiary/aromatic N) is 5. The van der Waals surface area contributed by atoms with Crippen molar-refractivity contribution >= 4 is 23.2 Å². The lowest BCUT2D eigenvalue weighted by Gasteiger charge is -2.21. The zero-order valence-corrected chi connectivity index (χ0v) is 17.0. The maximum absolute atomic E-state index is 9.82. The van der Waals surface area contributed by atoms with Crippen LogP contribution in [0.5, 0.6) is 0 Å². The fraction of sp³-hybridized carbons (Fsp3) is 0.292. The van der Waals surface area contributed by atoms with Crippen LogP contribution in [-0.2, 0) is 0 Å². The van der Waals surface area contributed by atoms with Crippen LogP contribution in [0.1, 0.15) is 24.0 Å². The molecule has 0 bridgehead atoms. The molecule has 6 heteroatoms. The van der Waals surface area contributed by atoms with E-state index in [1.54, 1.807) is 11.1 Å². The molecule has 6 nitrogen and oxygen atoms in total. The largest absolute Gasteiger partial charge is 0.371 e. The molecular weight excluding hydrogens is 372 g/mol. The molecule has 150 valence electrons. The molecule has 2 aromatic rings. The van der Waals surface area contributed by atoms with E-state index in [1.165, 1.54) is 24.1 Å². The number of hydrogen-bond acceptors (Lipinski definition) is 6. The van der Waals surface area contributed by atoms with Crippen LogP contribution in [-0.4, -0.2) is 25.0 Å². The Labute approximate surface area is 177 Å². The van der Waals surface area contributed by atoms with Crippen molar-refractivity contribution in [1.82, 2.24) is 0 Å². The summed E-state index contributed by atoms with van der Waals surface area (Å²) >= 11 is 0. The Morgan fingerprint density at radius 3 is 2.50 bits per heavy atom. The second-order valence-electron chi connectivity index (χ2n) is 7.67. The van der Waals surface area contributed by atoms with Crippen LogP contribution in [0.2, 0.25) is 0 Å². The molecule has 0 aromatic heterocycles. The van der Waals surface area contributed by atoms with Crippen molar-refractivity contribution in [3.05, 3.63) is 65.2 Å². The zero-order valence-electron chi connectivity index (χ0n) is 17.0. The van der Waals surface area contributed by atoms with Gasteiger partial charge in [-0.3, -0.25) is 0 Å². The molecule has 4 rings (SSSR count). The minimum atomic E-state index is -0.680. The summed E-state index contributed by atoms with van der Waals surface area (Å²) in [5.74, 6) is -0.680. The van der Waals surface area contributed by atoms with Gasteiger partial charge < -0.3 is 10.6 Å². The highest BCUT2D eigenvalue weighted by Crippen LogP contribution is 2.30. The predicted molar refractivity (Wildman–Crippen MR) is 120 cm³/mol. The van der Waals surface area contributed by atoms with E-state index in [-0.39, 0.29) is 0 Å². The first kappa shape index (κ1) is 19.7. The number of hydrogen-bond donors (Lipinski definition) is 1. The number of benzene rings is 2. The van der Waals surface area contributed by atoms with Gasteiger partial charge in [0.15, 0.2) is 0 Å². The topological polar surface area (TPSA) is 92.4 Å². The first-order chi connectivity index (χ1) is 14.6. The summed E-state index contributed by atoms with van der Waals surface area (Å²) in [5.41, 5.74) is 11.2. The number of rotatable bonds is 4. The normalized spacial score (nSPS) is 21.3. The monoisotopic (exact) mass is 396 g/mol. The minimum absolute atomic E-state index is 0.365. The van der Waals surface area contributed by atoms with Gasteiger partial charge in [-0.2, -0.15) is 15.6 Å². The number of nitrogens with two attached hydrogens (primary N) is 1. The highest BCUT2D eigenvalue weighted by molar-refractivity contribution is 6.11. The molecule has 0 saturated carbocycles. The third-order valence-corrected chi connectivity index (χ3v) is 5.67. The summed E-state index contributed by atoms with van der Waals surface area (Å²) in [4.78, 5) is 2.40. The summed E-state index contributed by atoms with van der Waals surface area (Å²) < 4.78 is 0. The molecule has 2 aromatic carbocycles. The molecule has 2 N–H and O–H groups in total. The SMILES string of the molecule is Cc1cc(/C=C(\C#N)C2=NN(c3ccccc3)[C@H](N)[C@@H]2C#N)ccc1N1CCCC1. The van der Waals surface area contributed by atoms with Crippen LogP contribution in [0.25, 0.3) is 6.08 Å². The molecule has 2 aliphatic heterocycles. The van der Waals surface area contributed by atoms with Gasteiger partial charge in [-0.25, -0.2) is 5.01 Å². The summed E-state index contributed by atoms with van der Waals surface area (Å²) in [6, 6.07) is 20.1. The van der Waals surface area contributed by atoms with Crippen LogP contribution in [0, 0.1) is 35.5 Å². The second-order valence-corrected chi connectivity index (χ2v) is 7.67. The Morgan fingerprint density at radius 2 is 1.87 bits per heavy atom. The average molecular weight is 396 g/mol.